The second-order valence-electron chi connectivity index (χ2n) is 7.87. The van der Waals surface area contributed by atoms with E-state index in [0.717, 1.165) is 18.8 Å². The first-order chi connectivity index (χ1) is 13.0. The highest BCUT2D eigenvalue weighted by atomic mass is 16.3. The highest BCUT2D eigenvalue weighted by Gasteiger charge is 2.42. The maximum atomic E-state index is 13.2. The van der Waals surface area contributed by atoms with Crippen LogP contribution in [0.4, 0.5) is 5.82 Å². The lowest BCUT2D eigenvalue weighted by atomic mass is 9.90. The van der Waals surface area contributed by atoms with E-state index in [0.29, 0.717) is 32.6 Å². The van der Waals surface area contributed by atoms with Gasteiger partial charge in [-0.05, 0) is 30.9 Å². The van der Waals surface area contributed by atoms with Gasteiger partial charge in [0.25, 0.3) is 0 Å². The SMILES string of the molecule is C[C@@H]1CN(c2ccccn2)C[C@H]1C(=O)N1CCCC(O)(Cn2ccnn2)C1. The van der Waals surface area contributed by atoms with Crippen molar-refractivity contribution in [2.45, 2.75) is 31.9 Å². The average molecular weight is 370 g/mol. The summed E-state index contributed by atoms with van der Waals surface area (Å²) in [5, 5.41) is 18.7. The number of amides is 1. The summed E-state index contributed by atoms with van der Waals surface area (Å²) in [5.41, 5.74) is -0.954. The Morgan fingerprint density at radius 3 is 2.96 bits per heavy atom. The number of rotatable bonds is 4. The summed E-state index contributed by atoms with van der Waals surface area (Å²) in [6, 6.07) is 5.85. The van der Waals surface area contributed by atoms with Crippen LogP contribution in [0.15, 0.2) is 36.8 Å². The first-order valence-electron chi connectivity index (χ1n) is 9.55. The Bertz CT molecular complexity index is 768. The first kappa shape index (κ1) is 17.9. The zero-order chi connectivity index (χ0) is 18.9. The zero-order valence-electron chi connectivity index (χ0n) is 15.6. The monoisotopic (exact) mass is 370 g/mol. The molecular weight excluding hydrogens is 344 g/mol. The molecule has 8 nitrogen and oxygen atoms in total. The molecule has 1 unspecified atom stereocenters. The van der Waals surface area contributed by atoms with Crippen LogP contribution >= 0.6 is 0 Å². The van der Waals surface area contributed by atoms with Gasteiger partial charge in [0.2, 0.25) is 5.91 Å². The van der Waals surface area contributed by atoms with Crippen LogP contribution in [0.5, 0.6) is 0 Å². The van der Waals surface area contributed by atoms with Gasteiger partial charge in [0.1, 0.15) is 11.4 Å². The van der Waals surface area contributed by atoms with Gasteiger partial charge in [0.05, 0.1) is 25.2 Å². The van der Waals surface area contributed by atoms with Crippen LogP contribution in [0.2, 0.25) is 0 Å². The standard InChI is InChI=1S/C19H26N6O2/c1-15-11-24(17-5-2-3-7-20-17)12-16(15)18(26)23-9-4-6-19(27,13-23)14-25-10-8-21-22-25/h2-3,5,7-8,10,15-16,27H,4,6,9,11-14H2,1H3/t15-,16-,19?/m1/s1. The maximum Gasteiger partial charge on any atom is 0.227 e. The van der Waals surface area contributed by atoms with Crippen molar-refractivity contribution in [2.24, 2.45) is 11.8 Å². The predicted molar refractivity (Wildman–Crippen MR) is 99.9 cm³/mol. The number of nitrogens with zero attached hydrogens (tertiary/aromatic N) is 6. The molecule has 4 rings (SSSR count). The fraction of sp³-hybridized carbons (Fsp3) is 0.579. The summed E-state index contributed by atoms with van der Waals surface area (Å²) in [4.78, 5) is 21.6. The molecule has 1 amide bonds. The van der Waals surface area contributed by atoms with Crippen molar-refractivity contribution in [3.8, 4) is 0 Å². The summed E-state index contributed by atoms with van der Waals surface area (Å²) < 4.78 is 1.63. The van der Waals surface area contributed by atoms with Crippen molar-refractivity contribution in [3.63, 3.8) is 0 Å². The molecule has 1 N–H and O–H groups in total. The van der Waals surface area contributed by atoms with Crippen molar-refractivity contribution in [3.05, 3.63) is 36.8 Å². The Balaban J connectivity index is 1.43. The smallest absolute Gasteiger partial charge is 0.227 e. The number of piperidine rings is 1. The predicted octanol–water partition coefficient (Wildman–Crippen LogP) is 0.799. The number of aromatic nitrogens is 4. The van der Waals surface area contributed by atoms with Gasteiger partial charge in [-0.3, -0.25) is 4.79 Å². The maximum absolute atomic E-state index is 13.2. The number of hydrogen-bond donors (Lipinski definition) is 1. The molecule has 8 heteroatoms. The van der Waals surface area contributed by atoms with E-state index in [4.69, 9.17) is 0 Å². The minimum atomic E-state index is -0.954. The molecule has 0 spiro atoms. The van der Waals surface area contributed by atoms with Crippen molar-refractivity contribution in [1.29, 1.82) is 0 Å². The topological polar surface area (TPSA) is 87.4 Å². The lowest BCUT2D eigenvalue weighted by Gasteiger charge is -2.40. The third-order valence-electron chi connectivity index (χ3n) is 5.70. The summed E-state index contributed by atoms with van der Waals surface area (Å²) in [6.45, 7) is 5.03. The van der Waals surface area contributed by atoms with Gasteiger partial charge in [0.15, 0.2) is 0 Å². The number of pyridine rings is 1. The van der Waals surface area contributed by atoms with E-state index in [1.54, 1.807) is 23.3 Å². The largest absolute Gasteiger partial charge is 0.386 e. The number of anilines is 1. The molecule has 0 aliphatic carbocycles. The number of likely N-dealkylation sites (tertiary alicyclic amines) is 1. The van der Waals surface area contributed by atoms with E-state index < -0.39 is 5.60 Å². The van der Waals surface area contributed by atoms with Gasteiger partial charge in [-0.15, -0.1) is 5.10 Å². The molecule has 2 aliphatic heterocycles. The third kappa shape index (κ3) is 3.80. The summed E-state index contributed by atoms with van der Waals surface area (Å²) in [5.74, 6) is 1.24. The van der Waals surface area contributed by atoms with Crippen LogP contribution < -0.4 is 4.90 Å². The van der Waals surface area contributed by atoms with Crippen LogP contribution in [0, 0.1) is 11.8 Å². The van der Waals surface area contributed by atoms with Gasteiger partial charge in [-0.2, -0.15) is 0 Å². The van der Waals surface area contributed by atoms with E-state index in [9.17, 15) is 9.90 Å². The Hall–Kier alpha value is -2.48. The van der Waals surface area contributed by atoms with Gasteiger partial charge in [-0.25, -0.2) is 9.67 Å². The van der Waals surface area contributed by atoms with Gasteiger partial charge in [0, 0.05) is 32.0 Å². The molecule has 27 heavy (non-hydrogen) atoms. The fourth-order valence-electron chi connectivity index (χ4n) is 4.30. The van der Waals surface area contributed by atoms with Crippen molar-refractivity contribution < 1.29 is 9.90 Å². The second kappa shape index (κ2) is 7.26. The molecule has 2 aliphatic rings. The van der Waals surface area contributed by atoms with Crippen molar-refractivity contribution in [2.75, 3.05) is 31.1 Å². The molecule has 0 bridgehead atoms. The number of hydrogen-bond acceptors (Lipinski definition) is 6. The van der Waals surface area contributed by atoms with Gasteiger partial charge in [-0.1, -0.05) is 18.2 Å². The minimum Gasteiger partial charge on any atom is -0.386 e. The van der Waals surface area contributed by atoms with Gasteiger partial charge < -0.3 is 14.9 Å². The van der Waals surface area contributed by atoms with Crippen LogP contribution in [-0.4, -0.2) is 67.7 Å². The quantitative estimate of drug-likeness (QED) is 0.857. The third-order valence-corrected chi connectivity index (χ3v) is 5.70. The molecule has 2 aromatic heterocycles. The van der Waals surface area contributed by atoms with Gasteiger partial charge >= 0.3 is 0 Å². The second-order valence-corrected chi connectivity index (χ2v) is 7.87. The van der Waals surface area contributed by atoms with E-state index in [-0.39, 0.29) is 17.7 Å². The Morgan fingerprint density at radius 2 is 2.22 bits per heavy atom. The van der Waals surface area contributed by atoms with Crippen molar-refractivity contribution in [1.82, 2.24) is 24.9 Å². The highest BCUT2D eigenvalue weighted by Crippen LogP contribution is 2.31. The molecule has 4 heterocycles. The fourth-order valence-corrected chi connectivity index (χ4v) is 4.30. The number of β-amino-alcohol motifs (C(OH)–C–C–N with tert-alkyl or cyclic N) is 1. The molecule has 0 radical (unpaired) electrons. The van der Waals surface area contributed by atoms with Crippen LogP contribution in [0.25, 0.3) is 0 Å². The van der Waals surface area contributed by atoms with Crippen LogP contribution in [-0.2, 0) is 11.3 Å². The van der Waals surface area contributed by atoms with E-state index in [2.05, 4.69) is 27.1 Å². The molecule has 0 saturated carbocycles. The first-order valence-corrected chi connectivity index (χ1v) is 9.55. The normalized spacial score (nSPS) is 28.5. The molecule has 3 atom stereocenters. The lowest BCUT2D eigenvalue weighted by molar-refractivity contribution is -0.144. The zero-order valence-corrected chi connectivity index (χ0v) is 15.6. The Kier molecular flexibility index (Phi) is 4.82. The Labute approximate surface area is 158 Å². The van der Waals surface area contributed by atoms with E-state index in [1.165, 1.54) is 0 Å². The van der Waals surface area contributed by atoms with E-state index in [1.807, 2.05) is 23.1 Å². The van der Waals surface area contributed by atoms with Crippen LogP contribution in [0.3, 0.4) is 0 Å². The van der Waals surface area contributed by atoms with Crippen molar-refractivity contribution >= 4 is 11.7 Å². The molecule has 2 aromatic rings. The summed E-state index contributed by atoms with van der Waals surface area (Å²) in [7, 11) is 0. The molecule has 2 fully saturated rings. The molecule has 0 aromatic carbocycles. The summed E-state index contributed by atoms with van der Waals surface area (Å²) >= 11 is 0. The average Bonchev–Trinajstić information content (AvgIpc) is 3.31. The number of carbonyl (C=O) groups is 1. The number of carbonyl (C=O) groups excluding carboxylic acids is 1. The van der Waals surface area contributed by atoms with Crippen LogP contribution in [0.1, 0.15) is 19.8 Å². The summed E-state index contributed by atoms with van der Waals surface area (Å²) in [6.07, 6.45) is 6.58. The number of aliphatic hydroxyl groups is 1. The highest BCUT2D eigenvalue weighted by molar-refractivity contribution is 5.80. The Morgan fingerprint density at radius 1 is 1.33 bits per heavy atom. The molecule has 2 saturated heterocycles. The molecular formula is C19H26N6O2. The molecule has 144 valence electrons. The minimum absolute atomic E-state index is 0.0688. The lowest BCUT2D eigenvalue weighted by Crippen LogP contribution is -2.54. The van der Waals surface area contributed by atoms with E-state index >= 15 is 0 Å².